The van der Waals surface area contributed by atoms with Crippen LogP contribution in [0.2, 0.25) is 0 Å². The Balaban J connectivity index is 0.000000421. The van der Waals surface area contributed by atoms with Gasteiger partial charge >= 0.3 is 0 Å². The van der Waals surface area contributed by atoms with Crippen LogP contribution in [0.15, 0.2) is 66.9 Å². The van der Waals surface area contributed by atoms with Gasteiger partial charge in [0.25, 0.3) is 0 Å². The van der Waals surface area contributed by atoms with Crippen LogP contribution in [0.4, 0.5) is 8.78 Å². The predicted octanol–water partition coefficient (Wildman–Crippen LogP) is 3.84. The molecular formula is C33H41F2N5O4. The second-order valence-corrected chi connectivity index (χ2v) is 10.9. The van der Waals surface area contributed by atoms with Gasteiger partial charge in [-0.2, -0.15) is 0 Å². The molecule has 0 radical (unpaired) electrons. The number of benzene rings is 2. The van der Waals surface area contributed by atoms with E-state index in [0.29, 0.717) is 25.1 Å². The summed E-state index contributed by atoms with van der Waals surface area (Å²) in [4.78, 5) is 30.4. The number of piperidine rings is 2. The van der Waals surface area contributed by atoms with Crippen LogP contribution in [0.25, 0.3) is 0 Å². The minimum absolute atomic E-state index is 0.0128. The molecule has 9 nitrogen and oxygen atoms in total. The zero-order valence-corrected chi connectivity index (χ0v) is 25.0. The molecule has 2 amide bonds. The van der Waals surface area contributed by atoms with E-state index in [-0.39, 0.29) is 42.0 Å². The zero-order valence-electron chi connectivity index (χ0n) is 25.0. The van der Waals surface area contributed by atoms with E-state index in [1.165, 1.54) is 0 Å². The highest BCUT2D eigenvalue weighted by Crippen LogP contribution is 2.26. The van der Waals surface area contributed by atoms with Gasteiger partial charge in [-0.15, -0.1) is 0 Å². The summed E-state index contributed by atoms with van der Waals surface area (Å²) in [5.41, 5.74) is 6.76. The van der Waals surface area contributed by atoms with Crippen molar-refractivity contribution in [3.63, 3.8) is 0 Å². The molecule has 0 saturated carbocycles. The molecule has 5 rings (SSSR count). The van der Waals surface area contributed by atoms with Gasteiger partial charge in [-0.1, -0.05) is 18.2 Å². The molecule has 2 aromatic carbocycles. The van der Waals surface area contributed by atoms with E-state index in [4.69, 9.17) is 15.2 Å². The molecule has 0 aliphatic carbocycles. The molecule has 3 heterocycles. The standard InChI is InChI=1S/C27H29F2N3O3.C6H12N2O/c1-34-22-6-4-5-20(17-22)26(24-7-2-3-12-30-24)31-27(33)19-10-13-32(14-11-19)15-16-35-25-18-21(28)8-9-23(25)29;7-6(9)5-1-3-8-4-2-5/h2-9,12,17-19,26H,10-11,13-16H2,1H3,(H,31,33);5,8H,1-4H2,(H2,7,9). The molecule has 0 spiro atoms. The Hall–Kier alpha value is -4.09. The summed E-state index contributed by atoms with van der Waals surface area (Å²) >= 11 is 0. The van der Waals surface area contributed by atoms with Gasteiger partial charge in [0.05, 0.1) is 18.8 Å². The number of nitrogens with two attached hydrogens (primary N) is 1. The number of methoxy groups -OCH3 is 1. The fourth-order valence-corrected chi connectivity index (χ4v) is 5.35. The SMILES string of the molecule is COc1cccc(C(NC(=O)C2CCN(CCOc3cc(F)ccc3F)CC2)c2ccccn2)c1.NC(=O)C1CCNCC1. The molecule has 2 fully saturated rings. The number of nitrogens with zero attached hydrogens (tertiary/aromatic N) is 2. The van der Waals surface area contributed by atoms with E-state index in [0.717, 1.165) is 68.5 Å². The molecule has 1 atom stereocenters. The molecule has 1 unspecified atom stereocenters. The van der Waals surface area contributed by atoms with Crippen LogP contribution in [0.5, 0.6) is 11.5 Å². The number of halogens is 2. The van der Waals surface area contributed by atoms with Crippen LogP contribution >= 0.6 is 0 Å². The van der Waals surface area contributed by atoms with E-state index >= 15 is 0 Å². The number of hydrogen-bond acceptors (Lipinski definition) is 7. The van der Waals surface area contributed by atoms with Crippen molar-refractivity contribution in [1.82, 2.24) is 20.5 Å². The molecule has 2 aliphatic rings. The van der Waals surface area contributed by atoms with Gasteiger partial charge in [-0.25, -0.2) is 8.78 Å². The maximum Gasteiger partial charge on any atom is 0.224 e. The highest BCUT2D eigenvalue weighted by Gasteiger charge is 2.28. The molecule has 2 saturated heterocycles. The summed E-state index contributed by atoms with van der Waals surface area (Å²) in [5.74, 6) is -0.635. The molecule has 4 N–H and O–H groups in total. The Morgan fingerprint density at radius 2 is 1.80 bits per heavy atom. The molecule has 11 heteroatoms. The third-order valence-electron chi connectivity index (χ3n) is 7.96. The van der Waals surface area contributed by atoms with Crippen molar-refractivity contribution in [2.45, 2.75) is 31.7 Å². The van der Waals surface area contributed by atoms with Gasteiger partial charge in [0.1, 0.15) is 18.2 Å². The summed E-state index contributed by atoms with van der Waals surface area (Å²) in [6, 6.07) is 16.0. The van der Waals surface area contributed by atoms with E-state index in [2.05, 4.69) is 20.5 Å². The number of likely N-dealkylation sites (tertiary alicyclic amines) is 1. The zero-order chi connectivity index (χ0) is 31.3. The number of carbonyl (C=O) groups excluding carboxylic acids is 2. The van der Waals surface area contributed by atoms with Gasteiger partial charge in [0, 0.05) is 30.6 Å². The Morgan fingerprint density at radius 1 is 1.02 bits per heavy atom. The maximum absolute atomic E-state index is 13.7. The van der Waals surface area contributed by atoms with Crippen LogP contribution < -0.4 is 25.8 Å². The van der Waals surface area contributed by atoms with Crippen molar-refractivity contribution in [3.05, 3.63) is 89.8 Å². The van der Waals surface area contributed by atoms with Gasteiger partial charge in [-0.3, -0.25) is 19.5 Å². The molecule has 0 bridgehead atoms. The van der Waals surface area contributed by atoms with Gasteiger partial charge < -0.3 is 25.8 Å². The number of rotatable bonds is 10. The molecule has 1 aromatic heterocycles. The lowest BCUT2D eigenvalue weighted by atomic mass is 9.94. The van der Waals surface area contributed by atoms with Crippen molar-refractivity contribution in [3.8, 4) is 11.5 Å². The van der Waals surface area contributed by atoms with Crippen LogP contribution in [0.1, 0.15) is 43.0 Å². The van der Waals surface area contributed by atoms with E-state index < -0.39 is 11.6 Å². The second-order valence-electron chi connectivity index (χ2n) is 10.9. The van der Waals surface area contributed by atoms with Crippen molar-refractivity contribution in [2.24, 2.45) is 17.6 Å². The molecule has 2 aliphatic heterocycles. The first-order valence-electron chi connectivity index (χ1n) is 15.0. The monoisotopic (exact) mass is 609 g/mol. The van der Waals surface area contributed by atoms with Gasteiger partial charge in [0.2, 0.25) is 11.8 Å². The minimum atomic E-state index is -0.583. The number of primary amides is 1. The Kier molecular flexibility index (Phi) is 12.4. The second kappa shape index (κ2) is 16.7. The fraction of sp³-hybridized carbons (Fsp3) is 0.424. The van der Waals surface area contributed by atoms with Crippen molar-refractivity contribution >= 4 is 11.8 Å². The number of hydrogen-bond donors (Lipinski definition) is 3. The van der Waals surface area contributed by atoms with Crippen LogP contribution in [-0.2, 0) is 9.59 Å². The van der Waals surface area contributed by atoms with Crippen LogP contribution in [0.3, 0.4) is 0 Å². The average Bonchev–Trinajstić information content (AvgIpc) is 3.06. The predicted molar refractivity (Wildman–Crippen MR) is 163 cm³/mol. The average molecular weight is 610 g/mol. The number of nitrogens with one attached hydrogen (secondary N) is 2. The molecule has 3 aromatic rings. The lowest BCUT2D eigenvalue weighted by molar-refractivity contribution is -0.127. The number of pyridine rings is 1. The Bertz CT molecular complexity index is 1350. The maximum atomic E-state index is 13.7. The fourth-order valence-electron chi connectivity index (χ4n) is 5.35. The summed E-state index contributed by atoms with van der Waals surface area (Å²) in [6.45, 7) is 4.14. The quantitative estimate of drug-likeness (QED) is 0.320. The summed E-state index contributed by atoms with van der Waals surface area (Å²) in [7, 11) is 1.61. The van der Waals surface area contributed by atoms with Crippen molar-refractivity contribution in [1.29, 1.82) is 0 Å². The first-order valence-corrected chi connectivity index (χ1v) is 15.0. The molecule has 236 valence electrons. The van der Waals surface area contributed by atoms with Gasteiger partial charge in [0.15, 0.2) is 11.6 Å². The lowest BCUT2D eigenvalue weighted by Crippen LogP contribution is -2.43. The molecular weight excluding hydrogens is 568 g/mol. The summed E-state index contributed by atoms with van der Waals surface area (Å²) in [5, 5.41) is 6.35. The highest BCUT2D eigenvalue weighted by atomic mass is 19.1. The number of carbonyl (C=O) groups is 2. The highest BCUT2D eigenvalue weighted by molar-refractivity contribution is 5.79. The normalized spacial score (nSPS) is 16.7. The number of amides is 2. The number of aromatic nitrogens is 1. The minimum Gasteiger partial charge on any atom is -0.497 e. The largest absolute Gasteiger partial charge is 0.497 e. The third-order valence-corrected chi connectivity index (χ3v) is 7.96. The smallest absolute Gasteiger partial charge is 0.224 e. The van der Waals surface area contributed by atoms with Crippen LogP contribution in [-0.4, -0.2) is 68.1 Å². The summed E-state index contributed by atoms with van der Waals surface area (Å²) in [6.07, 6.45) is 4.94. The molecule has 44 heavy (non-hydrogen) atoms. The van der Waals surface area contributed by atoms with Crippen molar-refractivity contribution in [2.75, 3.05) is 46.4 Å². The van der Waals surface area contributed by atoms with Crippen molar-refractivity contribution < 1.29 is 27.8 Å². The first kappa shape index (κ1) is 32.8. The van der Waals surface area contributed by atoms with E-state index in [9.17, 15) is 18.4 Å². The van der Waals surface area contributed by atoms with Gasteiger partial charge in [-0.05, 0) is 93.8 Å². The van der Waals surface area contributed by atoms with Crippen LogP contribution in [0, 0.1) is 23.5 Å². The third kappa shape index (κ3) is 9.72. The lowest BCUT2D eigenvalue weighted by Gasteiger charge is -2.32. The van der Waals surface area contributed by atoms with E-state index in [1.54, 1.807) is 13.3 Å². The summed E-state index contributed by atoms with van der Waals surface area (Å²) < 4.78 is 37.8. The number of ether oxygens (including phenoxy) is 2. The topological polar surface area (TPSA) is 119 Å². The Labute approximate surface area is 257 Å². The van der Waals surface area contributed by atoms with E-state index in [1.807, 2.05) is 42.5 Å². The first-order chi connectivity index (χ1) is 21.3. The Morgan fingerprint density at radius 3 is 2.45 bits per heavy atom.